The first-order chi connectivity index (χ1) is 0. The summed E-state index contributed by atoms with van der Waals surface area (Å²) in [5.74, 6) is 0. The maximum absolute atomic E-state index is 0. The van der Waals surface area contributed by atoms with Crippen molar-refractivity contribution in [1.29, 1.82) is 0 Å². The van der Waals surface area contributed by atoms with Crippen molar-refractivity contribution in [2.75, 3.05) is 0 Å². The summed E-state index contributed by atoms with van der Waals surface area (Å²) in [6, 6.07) is 0. The van der Waals surface area contributed by atoms with Gasteiger partial charge in [-0.25, -0.2) is 0 Å². The third-order valence-corrected chi connectivity index (χ3v) is 0. The van der Waals surface area contributed by atoms with Gasteiger partial charge in [-0.2, -0.15) is 0 Å². The predicted octanol–water partition coefficient (Wildman–Crippen LogP) is -7.72. The molecule has 19 N–H and O–H groups in total. The van der Waals surface area contributed by atoms with E-state index in [1.807, 2.05) is 0 Å². The van der Waals surface area contributed by atoms with Gasteiger partial charge in [0.1, 0.15) is 0 Å². The third kappa shape index (κ3) is 1260. The molecule has 12 heavy (non-hydrogen) atoms. The van der Waals surface area contributed by atoms with E-state index in [1.54, 1.807) is 0 Å². The Morgan fingerprint density at radius 3 is 0.333 bits per heavy atom. The van der Waals surface area contributed by atoms with Crippen molar-refractivity contribution in [3.63, 3.8) is 0 Å². The first kappa shape index (κ1) is 2150. The zero-order valence-corrected chi connectivity index (χ0v) is 9.64. The SMILES string of the molecule is O.O.O.O.O.O.O.O.O.[O-2].[OH-].[Pr+3]. The standard InChI is InChI=1S/10H2O.O.Pr/h10*1H2;;/q;;;;;;;;;;-2;+3/p-1. The van der Waals surface area contributed by atoms with Gasteiger partial charge >= 0.3 is 41.3 Å². The maximum atomic E-state index is 0. The van der Waals surface area contributed by atoms with E-state index < -0.39 is 0 Å². The van der Waals surface area contributed by atoms with Gasteiger partial charge in [0, 0.05) is 0 Å². The summed E-state index contributed by atoms with van der Waals surface area (Å²) in [6.45, 7) is 0. The second kappa shape index (κ2) is 1670. The second-order valence-corrected chi connectivity index (χ2v) is 0. The molecule has 0 aromatic carbocycles. The van der Waals surface area contributed by atoms with Gasteiger partial charge in [0.2, 0.25) is 0 Å². The minimum Gasteiger partial charge on any atom is -2.00 e. The summed E-state index contributed by atoms with van der Waals surface area (Å²) in [6.07, 6.45) is 0. The van der Waals surface area contributed by atoms with Crippen LogP contribution in [0, 0.1) is 41.3 Å². The summed E-state index contributed by atoms with van der Waals surface area (Å²) in [5.41, 5.74) is 0. The molecule has 0 unspecified atom stereocenters. The predicted molar refractivity (Wildman–Crippen MR) is 35.1 cm³/mol. The van der Waals surface area contributed by atoms with Crippen LogP contribution >= 0.6 is 0 Å². The molecule has 0 aliphatic heterocycles. The van der Waals surface area contributed by atoms with Crippen molar-refractivity contribution in [2.45, 2.75) is 0 Å². The molecule has 0 aromatic heterocycles. The fourth-order valence-electron chi connectivity index (χ4n) is 0. The molecule has 0 aliphatic rings. The van der Waals surface area contributed by atoms with Crippen molar-refractivity contribution in [2.24, 2.45) is 0 Å². The van der Waals surface area contributed by atoms with Gasteiger partial charge in [-0.3, -0.25) is 0 Å². The first-order valence-corrected chi connectivity index (χ1v) is 0. The van der Waals surface area contributed by atoms with Crippen LogP contribution in [0.15, 0.2) is 0 Å². The van der Waals surface area contributed by atoms with Crippen LogP contribution in [0.25, 0.3) is 0 Å². The Kier molecular flexibility index (Phi) is 299000. The largest absolute Gasteiger partial charge is 3.00 e. The summed E-state index contributed by atoms with van der Waals surface area (Å²) >= 11 is 0. The third-order valence-electron chi connectivity index (χ3n) is 0. The fourth-order valence-corrected chi connectivity index (χ4v) is 0. The molecule has 0 saturated heterocycles. The summed E-state index contributed by atoms with van der Waals surface area (Å²) in [4.78, 5) is 0. The Hall–Kier alpha value is 0.924. The number of rotatable bonds is 0. The van der Waals surface area contributed by atoms with E-state index in [1.165, 1.54) is 0 Å². The van der Waals surface area contributed by atoms with Crippen molar-refractivity contribution in [1.82, 2.24) is 0 Å². The summed E-state index contributed by atoms with van der Waals surface area (Å²) in [5, 5.41) is 0. The Morgan fingerprint density at radius 2 is 0.333 bits per heavy atom. The topological polar surface area (TPSA) is 342 Å². The van der Waals surface area contributed by atoms with Crippen LogP contribution in [0.2, 0.25) is 0 Å². The molecule has 0 amide bonds. The quantitative estimate of drug-likeness (QED) is 0.408. The Bertz CT molecular complexity index is 4.97. The molecular weight excluding hydrogens is 317 g/mol. The summed E-state index contributed by atoms with van der Waals surface area (Å²) < 4.78 is 0. The van der Waals surface area contributed by atoms with Crippen LogP contribution < -0.4 is 0 Å². The van der Waals surface area contributed by atoms with Gasteiger partial charge in [0.25, 0.3) is 0 Å². The van der Waals surface area contributed by atoms with Gasteiger partial charge in [0.05, 0.1) is 0 Å². The smallest absolute Gasteiger partial charge is 2.00 e. The van der Waals surface area contributed by atoms with Crippen LogP contribution in [0.5, 0.6) is 0 Å². The van der Waals surface area contributed by atoms with E-state index in [-0.39, 0.29) is 102 Å². The molecule has 88 valence electrons. The average Bonchev–Trinajstić information content (AvgIpc) is 0. The molecule has 11 nitrogen and oxygen atoms in total. The zero-order chi connectivity index (χ0) is 0. The van der Waals surface area contributed by atoms with Crippen LogP contribution in [-0.4, -0.2) is 54.8 Å². The number of hydrogen-bond donors (Lipinski definition) is 0. The van der Waals surface area contributed by atoms with E-state index in [2.05, 4.69) is 0 Å². The van der Waals surface area contributed by atoms with Crippen LogP contribution in [0.3, 0.4) is 0 Å². The molecule has 0 atom stereocenters. The molecule has 0 aliphatic carbocycles. The Labute approximate surface area is 101 Å². The Balaban J connectivity index is 0. The first-order valence-electron chi connectivity index (χ1n) is 0. The van der Waals surface area contributed by atoms with Crippen LogP contribution in [-0.2, 0) is 5.48 Å². The molecule has 0 fully saturated rings. The molecule has 0 saturated carbocycles. The van der Waals surface area contributed by atoms with E-state index in [9.17, 15) is 0 Å². The monoisotopic (exact) mass is 336 g/mol. The molecule has 12 heteroatoms. The zero-order valence-electron chi connectivity index (χ0n) is 5.93. The molecule has 0 radical (unpaired) electrons. The molecule has 0 spiro atoms. The van der Waals surface area contributed by atoms with E-state index in [0.717, 1.165) is 0 Å². The van der Waals surface area contributed by atoms with Crippen LogP contribution in [0.4, 0.5) is 0 Å². The summed E-state index contributed by atoms with van der Waals surface area (Å²) in [7, 11) is 0. The van der Waals surface area contributed by atoms with Gasteiger partial charge in [0.15, 0.2) is 0 Å². The molecule has 0 bridgehead atoms. The van der Waals surface area contributed by atoms with Gasteiger partial charge < -0.3 is 60.2 Å². The molecule has 0 aromatic rings. The van der Waals surface area contributed by atoms with Crippen molar-refractivity contribution in [3.05, 3.63) is 0 Å². The fraction of sp³-hybridized carbons (Fsp3) is 0. The minimum atomic E-state index is 0. The van der Waals surface area contributed by atoms with Gasteiger partial charge in [-0.05, 0) is 0 Å². The van der Waals surface area contributed by atoms with E-state index in [0.29, 0.717) is 0 Å². The van der Waals surface area contributed by atoms with Gasteiger partial charge in [-0.1, -0.05) is 0 Å². The van der Waals surface area contributed by atoms with Crippen molar-refractivity contribution >= 4 is 0 Å². The Morgan fingerprint density at radius 1 is 0.333 bits per heavy atom. The molecular formula is H19O11Pr. The van der Waals surface area contributed by atoms with E-state index >= 15 is 0 Å². The van der Waals surface area contributed by atoms with Crippen molar-refractivity contribution < 1.29 is 102 Å². The molecule has 0 heterocycles. The van der Waals surface area contributed by atoms with E-state index in [4.69, 9.17) is 0 Å². The second-order valence-electron chi connectivity index (χ2n) is 0. The minimum absolute atomic E-state index is 0. The normalized spacial score (nSPS) is 0. The van der Waals surface area contributed by atoms with Crippen LogP contribution in [0.1, 0.15) is 0 Å². The average molecular weight is 336 g/mol. The molecule has 0 rings (SSSR count). The van der Waals surface area contributed by atoms with Crippen molar-refractivity contribution in [3.8, 4) is 0 Å². The van der Waals surface area contributed by atoms with Gasteiger partial charge in [-0.15, -0.1) is 0 Å². The number of hydrogen-bond acceptors (Lipinski definition) is 1. The maximum Gasteiger partial charge on any atom is 3.00 e.